The van der Waals surface area contributed by atoms with Crippen LogP contribution >= 0.6 is 0 Å². The van der Waals surface area contributed by atoms with Gasteiger partial charge in [0, 0.05) is 49.9 Å². The lowest BCUT2D eigenvalue weighted by atomic mass is 9.75. The van der Waals surface area contributed by atoms with Crippen molar-refractivity contribution >= 4 is 11.4 Å². The van der Waals surface area contributed by atoms with E-state index in [1.54, 1.807) is 0 Å². The molecular formula is C25H36N6O. The van der Waals surface area contributed by atoms with Gasteiger partial charge in [-0.3, -0.25) is 9.36 Å². The van der Waals surface area contributed by atoms with Gasteiger partial charge >= 0.3 is 0 Å². The fraction of sp³-hybridized carbons (Fsp3) is 0.560. The van der Waals surface area contributed by atoms with Crippen molar-refractivity contribution in [2.75, 3.05) is 13.7 Å². The summed E-state index contributed by atoms with van der Waals surface area (Å²) in [4.78, 5) is 7.23. The van der Waals surface area contributed by atoms with E-state index in [9.17, 15) is 5.11 Å². The molecule has 3 heterocycles. The lowest BCUT2D eigenvalue weighted by Crippen LogP contribution is -2.29. The fourth-order valence-electron chi connectivity index (χ4n) is 4.77. The Morgan fingerprint density at radius 3 is 2.50 bits per heavy atom. The molecule has 32 heavy (non-hydrogen) atoms. The maximum absolute atomic E-state index is 9.25. The van der Waals surface area contributed by atoms with E-state index < -0.39 is 0 Å². The molecule has 1 N–H and O–H groups in total. The van der Waals surface area contributed by atoms with Crippen LogP contribution in [0.25, 0.3) is 5.70 Å². The predicted octanol–water partition coefficient (Wildman–Crippen LogP) is 4.49. The fourth-order valence-corrected chi connectivity index (χ4v) is 4.77. The summed E-state index contributed by atoms with van der Waals surface area (Å²) in [6.07, 6.45) is 17.6. The first kappa shape index (κ1) is 22.5. The van der Waals surface area contributed by atoms with Crippen LogP contribution in [0.4, 0.5) is 0 Å². The molecule has 7 heteroatoms. The van der Waals surface area contributed by atoms with E-state index in [-0.39, 0.29) is 0 Å². The van der Waals surface area contributed by atoms with E-state index in [0.717, 1.165) is 66.9 Å². The van der Waals surface area contributed by atoms with Crippen molar-refractivity contribution in [2.24, 2.45) is 16.8 Å². The highest BCUT2D eigenvalue weighted by Crippen LogP contribution is 2.34. The summed E-state index contributed by atoms with van der Waals surface area (Å²) in [5.74, 6) is 1.08. The SMILES string of the molecule is CC/C=C1/C(c2cnn(C(CC)CC)c2)=NC(c2cnn(C[C@H]3C[C@@H](CO)C3)c2)=CN1C. The van der Waals surface area contributed by atoms with Gasteiger partial charge in [0.25, 0.3) is 0 Å². The maximum atomic E-state index is 9.25. The molecular weight excluding hydrogens is 400 g/mol. The molecule has 0 amide bonds. The van der Waals surface area contributed by atoms with E-state index in [1.807, 2.05) is 17.1 Å². The van der Waals surface area contributed by atoms with E-state index in [1.165, 1.54) is 0 Å². The Bertz CT molecular complexity index is 1000. The van der Waals surface area contributed by atoms with Gasteiger partial charge in [-0.25, -0.2) is 4.99 Å². The standard InChI is InChI=1S/C25H36N6O/c1-5-8-24-25(21-12-27-31(15-21)22(6-2)7-3)28-23(16-29(24)4)20-11-26-30(14-20)13-18-9-19(10-18)17-32/h8,11-12,14-16,18-19,22,32H,5-7,9-10,13,17H2,1-4H3/b24-8-/t18-,19+. The number of aliphatic hydroxyl groups is 1. The molecule has 2 aromatic heterocycles. The zero-order chi connectivity index (χ0) is 22.7. The van der Waals surface area contributed by atoms with Crippen molar-refractivity contribution in [3.63, 3.8) is 0 Å². The molecule has 4 rings (SSSR count). The number of allylic oxidation sites excluding steroid dienone is 2. The summed E-state index contributed by atoms with van der Waals surface area (Å²) in [5.41, 5.74) is 5.05. The third-order valence-electron chi connectivity index (χ3n) is 6.73. The van der Waals surface area contributed by atoms with Crippen LogP contribution < -0.4 is 0 Å². The zero-order valence-corrected chi connectivity index (χ0v) is 19.8. The molecule has 1 aliphatic heterocycles. The Balaban J connectivity index is 1.59. The molecule has 0 unspecified atom stereocenters. The first-order valence-corrected chi connectivity index (χ1v) is 12.0. The topological polar surface area (TPSA) is 71.5 Å². The lowest BCUT2D eigenvalue weighted by Gasteiger charge is -2.33. The minimum absolute atomic E-state index is 0.305. The smallest absolute Gasteiger partial charge is 0.0974 e. The molecule has 172 valence electrons. The first-order valence-electron chi connectivity index (χ1n) is 12.0. The van der Waals surface area contributed by atoms with Crippen LogP contribution in [0.1, 0.15) is 70.0 Å². The van der Waals surface area contributed by atoms with Crippen LogP contribution in [0.3, 0.4) is 0 Å². The summed E-state index contributed by atoms with van der Waals surface area (Å²) in [6, 6.07) is 0.412. The molecule has 2 aromatic rings. The zero-order valence-electron chi connectivity index (χ0n) is 19.8. The third kappa shape index (κ3) is 4.58. The molecule has 1 fully saturated rings. The minimum atomic E-state index is 0.305. The van der Waals surface area contributed by atoms with Gasteiger partial charge in [0.15, 0.2) is 0 Å². The van der Waals surface area contributed by atoms with E-state index in [0.29, 0.717) is 24.5 Å². The minimum Gasteiger partial charge on any atom is -0.396 e. The van der Waals surface area contributed by atoms with Gasteiger partial charge in [0.2, 0.25) is 0 Å². The Hall–Kier alpha value is -2.67. The first-order chi connectivity index (χ1) is 15.6. The Labute approximate surface area is 191 Å². The van der Waals surface area contributed by atoms with Gasteiger partial charge in [-0.05, 0) is 43.9 Å². The number of aliphatic imine (C=N–C) groups is 1. The van der Waals surface area contributed by atoms with Gasteiger partial charge in [0.1, 0.15) is 0 Å². The van der Waals surface area contributed by atoms with Crippen LogP contribution in [0.5, 0.6) is 0 Å². The van der Waals surface area contributed by atoms with Crippen LogP contribution in [0.15, 0.2) is 47.8 Å². The second-order valence-electron chi connectivity index (χ2n) is 9.10. The monoisotopic (exact) mass is 436 g/mol. The third-order valence-corrected chi connectivity index (χ3v) is 6.73. The van der Waals surface area contributed by atoms with Crippen molar-refractivity contribution in [2.45, 2.75) is 65.5 Å². The van der Waals surface area contributed by atoms with Crippen LogP contribution in [-0.4, -0.2) is 48.9 Å². The molecule has 7 nitrogen and oxygen atoms in total. The molecule has 1 saturated carbocycles. The molecule has 0 radical (unpaired) electrons. The average Bonchev–Trinajstić information content (AvgIpc) is 3.43. The second kappa shape index (κ2) is 9.86. The Kier molecular flexibility index (Phi) is 6.94. The van der Waals surface area contributed by atoms with Crippen molar-refractivity contribution < 1.29 is 5.11 Å². The van der Waals surface area contributed by atoms with Gasteiger partial charge in [-0.1, -0.05) is 26.8 Å². The number of likely N-dealkylation sites (N-methyl/N-ethyl adjacent to an activating group) is 1. The lowest BCUT2D eigenvalue weighted by molar-refractivity contribution is 0.0945. The predicted molar refractivity (Wildman–Crippen MR) is 128 cm³/mol. The average molecular weight is 437 g/mol. The molecule has 0 aromatic carbocycles. The van der Waals surface area contributed by atoms with Crippen molar-refractivity contribution in [3.8, 4) is 0 Å². The van der Waals surface area contributed by atoms with Crippen LogP contribution in [0.2, 0.25) is 0 Å². The number of aliphatic hydroxyl groups excluding tert-OH is 1. The highest BCUT2D eigenvalue weighted by molar-refractivity contribution is 6.15. The number of hydrogen-bond acceptors (Lipinski definition) is 5. The summed E-state index contributed by atoms with van der Waals surface area (Å²) in [6.45, 7) is 7.77. The molecule has 0 spiro atoms. The van der Waals surface area contributed by atoms with Crippen molar-refractivity contribution in [1.29, 1.82) is 0 Å². The highest BCUT2D eigenvalue weighted by atomic mass is 16.3. The van der Waals surface area contributed by atoms with E-state index in [2.05, 4.69) is 72.3 Å². The number of rotatable bonds is 9. The maximum Gasteiger partial charge on any atom is 0.0974 e. The molecule has 0 bridgehead atoms. The summed E-state index contributed by atoms with van der Waals surface area (Å²) in [7, 11) is 2.08. The van der Waals surface area contributed by atoms with E-state index in [4.69, 9.17) is 4.99 Å². The summed E-state index contributed by atoms with van der Waals surface area (Å²) >= 11 is 0. The normalized spacial score (nSPS) is 22.3. The second-order valence-corrected chi connectivity index (χ2v) is 9.10. The molecule has 2 aliphatic rings. The Morgan fingerprint density at radius 2 is 1.81 bits per heavy atom. The van der Waals surface area contributed by atoms with Gasteiger partial charge < -0.3 is 10.0 Å². The Morgan fingerprint density at radius 1 is 1.06 bits per heavy atom. The van der Waals surface area contributed by atoms with Crippen LogP contribution in [-0.2, 0) is 6.54 Å². The summed E-state index contributed by atoms with van der Waals surface area (Å²) in [5, 5.41) is 18.5. The van der Waals surface area contributed by atoms with Gasteiger partial charge in [0.05, 0.1) is 35.5 Å². The number of hydrogen-bond donors (Lipinski definition) is 1. The molecule has 0 saturated heterocycles. The highest BCUT2D eigenvalue weighted by Gasteiger charge is 2.29. The van der Waals surface area contributed by atoms with Crippen LogP contribution in [0, 0.1) is 11.8 Å². The number of aromatic nitrogens is 4. The van der Waals surface area contributed by atoms with Crippen molar-refractivity contribution in [1.82, 2.24) is 24.5 Å². The van der Waals surface area contributed by atoms with Gasteiger partial charge in [-0.2, -0.15) is 10.2 Å². The van der Waals surface area contributed by atoms with E-state index >= 15 is 0 Å². The summed E-state index contributed by atoms with van der Waals surface area (Å²) < 4.78 is 4.10. The van der Waals surface area contributed by atoms with Gasteiger partial charge in [-0.15, -0.1) is 0 Å². The largest absolute Gasteiger partial charge is 0.396 e. The van der Waals surface area contributed by atoms with Crippen molar-refractivity contribution in [3.05, 3.63) is 53.9 Å². The number of nitrogens with zero attached hydrogens (tertiary/aromatic N) is 6. The molecule has 0 atom stereocenters. The quantitative estimate of drug-likeness (QED) is 0.629. The molecule has 1 aliphatic carbocycles.